The molecule has 4 heteroatoms. The molecule has 0 saturated carbocycles. The molecule has 0 saturated heterocycles. The quantitative estimate of drug-likeness (QED) is 0.170. The van der Waals surface area contributed by atoms with Crippen LogP contribution >= 0.6 is 22.7 Å². The van der Waals surface area contributed by atoms with Crippen LogP contribution in [0, 0.1) is 0 Å². The maximum atomic E-state index is 2.51. The summed E-state index contributed by atoms with van der Waals surface area (Å²) < 4.78 is 10.3. The zero-order valence-corrected chi connectivity index (χ0v) is 31.7. The average molecular weight is 747 g/mol. The molecule has 0 aliphatic rings. The van der Waals surface area contributed by atoms with Crippen molar-refractivity contribution in [2.75, 3.05) is 0 Å². The fraction of sp³-hybridized carbons (Fsp3) is 0. The minimum Gasteiger partial charge on any atom is -0.309 e. The molecule has 0 atom stereocenters. The van der Waals surface area contributed by atoms with Crippen LogP contribution in [0.5, 0.6) is 0 Å². The summed E-state index contributed by atoms with van der Waals surface area (Å²) in [6, 6.07) is 67.6. The Bertz CT molecular complexity index is 3760. The summed E-state index contributed by atoms with van der Waals surface area (Å²) in [5, 5.41) is 12.9. The van der Waals surface area contributed by atoms with Crippen LogP contribution in [0.3, 0.4) is 0 Å². The molecule has 2 nitrogen and oxygen atoms in total. The van der Waals surface area contributed by atoms with Crippen molar-refractivity contribution in [2.24, 2.45) is 0 Å². The Kier molecular flexibility index (Phi) is 6.23. The summed E-state index contributed by atoms with van der Waals surface area (Å²) in [6.07, 6.45) is 0. The topological polar surface area (TPSA) is 9.86 Å². The molecule has 260 valence electrons. The molecule has 0 radical (unpaired) electrons. The van der Waals surface area contributed by atoms with Crippen LogP contribution in [-0.2, 0) is 0 Å². The number of nitrogens with zero attached hydrogens (tertiary/aromatic N) is 2. The van der Waals surface area contributed by atoms with E-state index in [1.54, 1.807) is 0 Å². The normalized spacial score (nSPS) is 12.3. The molecule has 0 aliphatic carbocycles. The van der Waals surface area contributed by atoms with Crippen LogP contribution in [0.15, 0.2) is 182 Å². The summed E-state index contributed by atoms with van der Waals surface area (Å²) in [6.45, 7) is 0. The zero-order chi connectivity index (χ0) is 36.5. The van der Waals surface area contributed by atoms with Crippen molar-refractivity contribution < 1.29 is 0 Å². The number of rotatable bonds is 3. The Morgan fingerprint density at radius 1 is 0.286 bits per heavy atom. The third-order valence-electron chi connectivity index (χ3n) is 11.9. The lowest BCUT2D eigenvalue weighted by Crippen LogP contribution is -1.95. The molecule has 4 aromatic heterocycles. The smallest absolute Gasteiger partial charge is 0.0619 e. The Labute approximate surface area is 329 Å². The van der Waals surface area contributed by atoms with Gasteiger partial charge >= 0.3 is 0 Å². The summed E-state index contributed by atoms with van der Waals surface area (Å²) >= 11 is 3.79. The molecule has 0 amide bonds. The van der Waals surface area contributed by atoms with Crippen molar-refractivity contribution in [3.05, 3.63) is 182 Å². The van der Waals surface area contributed by atoms with Gasteiger partial charge in [-0.2, -0.15) is 0 Å². The molecule has 0 aliphatic heterocycles. The molecule has 13 aromatic rings. The van der Waals surface area contributed by atoms with E-state index in [1.165, 1.54) is 117 Å². The molecule has 4 heterocycles. The van der Waals surface area contributed by atoms with Gasteiger partial charge in [0.1, 0.15) is 0 Å². The summed E-state index contributed by atoms with van der Waals surface area (Å²) in [5.74, 6) is 0. The van der Waals surface area contributed by atoms with Gasteiger partial charge in [0.2, 0.25) is 0 Å². The van der Waals surface area contributed by atoms with Gasteiger partial charge in [0.15, 0.2) is 0 Å². The van der Waals surface area contributed by atoms with Gasteiger partial charge in [0.25, 0.3) is 0 Å². The Morgan fingerprint density at radius 2 is 0.857 bits per heavy atom. The molecule has 0 spiro atoms. The van der Waals surface area contributed by atoms with E-state index in [1.807, 2.05) is 22.7 Å². The highest BCUT2D eigenvalue weighted by Crippen LogP contribution is 2.45. The predicted octanol–water partition coefficient (Wildman–Crippen LogP) is 15.4. The minimum atomic E-state index is 1.17. The molecule has 9 aromatic carbocycles. The Morgan fingerprint density at radius 3 is 1.64 bits per heavy atom. The van der Waals surface area contributed by atoms with Crippen molar-refractivity contribution in [1.82, 2.24) is 9.13 Å². The standard InChI is InChI=1S/C52H30N2S2/c1-2-12-32(13-3-1)53-45-19-9-6-15-35(45)40-26-31(22-24-47(40)53)39-28-44-36-16-7-10-20-46(36)54(52(44)38-18-5-4-14-34(38)39)33-23-25-49-41(27-33)43-30-50-42(29-51(43)56-49)37-17-8-11-21-48(37)55-50/h1-30H. The molecular weight excluding hydrogens is 717 g/mol. The van der Waals surface area contributed by atoms with E-state index in [2.05, 4.69) is 191 Å². The number of para-hydroxylation sites is 3. The van der Waals surface area contributed by atoms with Crippen LogP contribution in [0.25, 0.3) is 117 Å². The van der Waals surface area contributed by atoms with Crippen molar-refractivity contribution in [2.45, 2.75) is 0 Å². The third kappa shape index (κ3) is 4.20. The van der Waals surface area contributed by atoms with E-state index in [0.29, 0.717) is 0 Å². The number of thiophene rings is 2. The number of aromatic nitrogens is 2. The first-order valence-corrected chi connectivity index (χ1v) is 20.7. The molecule has 0 bridgehead atoms. The SMILES string of the molecule is c1ccc(-n2c3ccccc3c3cc(-c4cc5c6ccccc6n(-c6ccc7sc8cc9c(cc8c7c6)sc6ccccc69)c5c5ccccc45)ccc32)cc1. The van der Waals surface area contributed by atoms with Crippen molar-refractivity contribution in [3.8, 4) is 22.5 Å². The lowest BCUT2D eigenvalue weighted by atomic mass is 9.94. The third-order valence-corrected chi connectivity index (χ3v) is 14.2. The Hall–Kier alpha value is -6.72. The van der Waals surface area contributed by atoms with Gasteiger partial charge < -0.3 is 9.13 Å². The van der Waals surface area contributed by atoms with E-state index < -0.39 is 0 Å². The van der Waals surface area contributed by atoms with Gasteiger partial charge in [0, 0.05) is 78.7 Å². The van der Waals surface area contributed by atoms with Gasteiger partial charge in [-0.05, 0) is 95.4 Å². The first kappa shape index (κ1) is 30.6. The van der Waals surface area contributed by atoms with Gasteiger partial charge in [-0.1, -0.05) is 103 Å². The van der Waals surface area contributed by atoms with E-state index in [4.69, 9.17) is 0 Å². The number of hydrogen-bond acceptors (Lipinski definition) is 2. The van der Waals surface area contributed by atoms with E-state index >= 15 is 0 Å². The van der Waals surface area contributed by atoms with E-state index in [-0.39, 0.29) is 0 Å². The average Bonchev–Trinajstić information content (AvgIpc) is 4.00. The lowest BCUT2D eigenvalue weighted by Gasteiger charge is -2.13. The molecule has 0 N–H and O–H groups in total. The largest absolute Gasteiger partial charge is 0.309 e. The number of hydrogen-bond donors (Lipinski definition) is 0. The maximum Gasteiger partial charge on any atom is 0.0619 e. The second-order valence-corrected chi connectivity index (χ2v) is 17.0. The summed E-state index contributed by atoms with van der Waals surface area (Å²) in [5.41, 5.74) is 9.74. The number of fused-ring (bicyclic) bond motifs is 14. The number of benzene rings is 9. The minimum absolute atomic E-state index is 1.17. The highest BCUT2D eigenvalue weighted by Gasteiger charge is 2.20. The molecule has 56 heavy (non-hydrogen) atoms. The van der Waals surface area contributed by atoms with Crippen LogP contribution in [0.4, 0.5) is 0 Å². The fourth-order valence-electron chi connectivity index (χ4n) is 9.45. The molecule has 0 unspecified atom stereocenters. The van der Waals surface area contributed by atoms with Crippen LogP contribution in [-0.4, -0.2) is 9.13 Å². The lowest BCUT2D eigenvalue weighted by molar-refractivity contribution is 1.18. The van der Waals surface area contributed by atoms with Crippen molar-refractivity contribution in [3.63, 3.8) is 0 Å². The van der Waals surface area contributed by atoms with Gasteiger partial charge in [0.05, 0.1) is 22.1 Å². The van der Waals surface area contributed by atoms with E-state index in [0.717, 1.165) is 0 Å². The van der Waals surface area contributed by atoms with Crippen LogP contribution < -0.4 is 0 Å². The van der Waals surface area contributed by atoms with Gasteiger partial charge in [-0.25, -0.2) is 0 Å². The molecule has 0 fully saturated rings. The first-order valence-electron chi connectivity index (χ1n) is 19.1. The molecule has 13 rings (SSSR count). The highest BCUT2D eigenvalue weighted by atomic mass is 32.1. The van der Waals surface area contributed by atoms with Crippen LogP contribution in [0.2, 0.25) is 0 Å². The fourth-order valence-corrected chi connectivity index (χ4v) is 11.7. The highest BCUT2D eigenvalue weighted by molar-refractivity contribution is 7.27. The van der Waals surface area contributed by atoms with E-state index in [9.17, 15) is 0 Å². The monoisotopic (exact) mass is 746 g/mol. The maximum absolute atomic E-state index is 2.51. The molecular formula is C52H30N2S2. The second kappa shape index (κ2) is 11.4. The second-order valence-electron chi connectivity index (χ2n) is 14.9. The Balaban J connectivity index is 1.06. The summed E-state index contributed by atoms with van der Waals surface area (Å²) in [4.78, 5) is 0. The first-order chi connectivity index (χ1) is 27.8. The zero-order valence-electron chi connectivity index (χ0n) is 30.0. The summed E-state index contributed by atoms with van der Waals surface area (Å²) in [7, 11) is 0. The van der Waals surface area contributed by atoms with Gasteiger partial charge in [-0.15, -0.1) is 22.7 Å². The predicted molar refractivity (Wildman–Crippen MR) is 244 cm³/mol. The van der Waals surface area contributed by atoms with Crippen molar-refractivity contribution >= 4 is 117 Å². The van der Waals surface area contributed by atoms with Crippen LogP contribution in [0.1, 0.15) is 0 Å². The van der Waals surface area contributed by atoms with Crippen molar-refractivity contribution in [1.29, 1.82) is 0 Å². The van der Waals surface area contributed by atoms with Gasteiger partial charge in [-0.3, -0.25) is 0 Å².